The van der Waals surface area contributed by atoms with Gasteiger partial charge in [-0.15, -0.1) is 0 Å². The van der Waals surface area contributed by atoms with Crippen LogP contribution in [0.2, 0.25) is 0 Å². The van der Waals surface area contributed by atoms with Crippen molar-refractivity contribution in [3.8, 4) is 11.4 Å². The quantitative estimate of drug-likeness (QED) is 0.746. The first-order valence-electron chi connectivity index (χ1n) is 9.52. The molecular weight excluding hydrogens is 338 g/mol. The maximum atomic E-state index is 10.3. The maximum Gasteiger partial charge on any atom is 0.159 e. The van der Waals surface area contributed by atoms with Gasteiger partial charge in [0.1, 0.15) is 0 Å². The van der Waals surface area contributed by atoms with Gasteiger partial charge in [0.15, 0.2) is 5.82 Å². The summed E-state index contributed by atoms with van der Waals surface area (Å²) in [4.78, 5) is 11.5. The van der Waals surface area contributed by atoms with E-state index in [1.165, 1.54) is 5.39 Å². The topological polar surface area (TPSA) is 69.5 Å². The molecule has 0 spiro atoms. The molecule has 0 amide bonds. The van der Waals surface area contributed by atoms with Crippen LogP contribution >= 0.6 is 0 Å². The second-order valence-corrected chi connectivity index (χ2v) is 7.45. The van der Waals surface area contributed by atoms with Gasteiger partial charge in [-0.2, -0.15) is 0 Å². The van der Waals surface area contributed by atoms with E-state index in [1.54, 1.807) is 0 Å². The van der Waals surface area contributed by atoms with Gasteiger partial charge in [-0.25, -0.2) is 9.97 Å². The molecule has 5 heteroatoms. The molecule has 3 aromatic rings. The number of benzene rings is 2. The Morgan fingerprint density at radius 1 is 0.963 bits per heavy atom. The van der Waals surface area contributed by atoms with E-state index in [9.17, 15) is 10.2 Å². The van der Waals surface area contributed by atoms with Crippen molar-refractivity contribution in [3.63, 3.8) is 0 Å². The monoisotopic (exact) mass is 363 g/mol. The molecule has 1 fully saturated rings. The number of aliphatic hydroxyl groups is 2. The number of nitrogens with zero attached hydrogens (tertiary/aromatic N) is 3. The summed E-state index contributed by atoms with van der Waals surface area (Å²) in [5, 5.41) is 22.0. The Bertz CT molecular complexity index is 908. The molecule has 1 saturated heterocycles. The highest BCUT2D eigenvalue weighted by atomic mass is 16.3. The van der Waals surface area contributed by atoms with Crippen molar-refractivity contribution >= 4 is 10.8 Å². The first-order chi connectivity index (χ1) is 13.2. The molecule has 0 saturated carbocycles. The summed E-state index contributed by atoms with van der Waals surface area (Å²) < 4.78 is 0. The Morgan fingerprint density at radius 2 is 1.74 bits per heavy atom. The van der Waals surface area contributed by atoms with E-state index in [0.29, 0.717) is 12.8 Å². The zero-order chi connectivity index (χ0) is 18.7. The average molecular weight is 363 g/mol. The third-order valence-electron chi connectivity index (χ3n) is 5.45. The van der Waals surface area contributed by atoms with Crippen molar-refractivity contribution in [1.82, 2.24) is 14.9 Å². The fraction of sp³-hybridized carbons (Fsp3) is 0.364. The minimum atomic E-state index is -0.927. The lowest BCUT2D eigenvalue weighted by atomic mass is 9.96. The number of likely N-dealkylation sites (tertiary alicyclic amines) is 1. The first-order valence-corrected chi connectivity index (χ1v) is 9.52. The third kappa shape index (κ3) is 4.00. The van der Waals surface area contributed by atoms with Crippen LogP contribution in [0.3, 0.4) is 0 Å². The highest BCUT2D eigenvalue weighted by Gasteiger charge is 2.29. The summed E-state index contributed by atoms with van der Waals surface area (Å²) in [5.41, 5.74) is 1.18. The standard InChI is InChI=1S/C22H25N3O2/c26-16-22(27)9-4-11-25(12-10-22)15-17-13-23-21(24-14-17)20-8-3-6-18-5-1-2-7-19(18)20/h1-3,5-8,13-14,26-27H,4,9-12,15-16H2. The van der Waals surface area contributed by atoms with Crippen LogP contribution in [-0.2, 0) is 6.54 Å². The minimum Gasteiger partial charge on any atom is -0.393 e. The second-order valence-electron chi connectivity index (χ2n) is 7.45. The van der Waals surface area contributed by atoms with Gasteiger partial charge in [-0.05, 0) is 36.6 Å². The van der Waals surface area contributed by atoms with Crippen LogP contribution in [0.1, 0.15) is 24.8 Å². The lowest BCUT2D eigenvalue weighted by Crippen LogP contribution is -2.34. The van der Waals surface area contributed by atoms with Gasteiger partial charge in [-0.3, -0.25) is 4.90 Å². The zero-order valence-corrected chi connectivity index (χ0v) is 15.4. The Hall–Kier alpha value is -2.34. The number of hydrogen-bond donors (Lipinski definition) is 2. The lowest BCUT2D eigenvalue weighted by Gasteiger charge is -2.24. The fourth-order valence-corrected chi connectivity index (χ4v) is 3.81. The highest BCUT2D eigenvalue weighted by Crippen LogP contribution is 2.26. The van der Waals surface area contributed by atoms with Crippen LogP contribution in [0.5, 0.6) is 0 Å². The number of aliphatic hydroxyl groups excluding tert-OH is 1. The van der Waals surface area contributed by atoms with E-state index in [0.717, 1.165) is 48.4 Å². The molecule has 1 aliphatic heterocycles. The van der Waals surface area contributed by atoms with Gasteiger partial charge in [0.2, 0.25) is 0 Å². The van der Waals surface area contributed by atoms with Gasteiger partial charge in [0, 0.05) is 36.6 Å². The molecule has 0 radical (unpaired) electrons. The lowest BCUT2D eigenvalue weighted by molar-refractivity contribution is -0.0255. The van der Waals surface area contributed by atoms with E-state index >= 15 is 0 Å². The third-order valence-corrected chi connectivity index (χ3v) is 5.45. The van der Waals surface area contributed by atoms with Gasteiger partial charge in [-0.1, -0.05) is 42.5 Å². The molecule has 0 aliphatic carbocycles. The molecule has 2 aromatic carbocycles. The molecule has 5 nitrogen and oxygen atoms in total. The molecule has 1 aromatic heterocycles. The van der Waals surface area contributed by atoms with Crippen molar-refractivity contribution in [3.05, 3.63) is 60.4 Å². The smallest absolute Gasteiger partial charge is 0.159 e. The van der Waals surface area contributed by atoms with Crippen LogP contribution in [0.25, 0.3) is 22.2 Å². The Labute approximate surface area is 159 Å². The summed E-state index contributed by atoms with van der Waals surface area (Å²) >= 11 is 0. The summed E-state index contributed by atoms with van der Waals surface area (Å²) in [7, 11) is 0. The highest BCUT2D eigenvalue weighted by molar-refractivity contribution is 5.94. The Morgan fingerprint density at radius 3 is 2.56 bits per heavy atom. The molecule has 4 rings (SSSR count). The summed E-state index contributed by atoms with van der Waals surface area (Å²) in [5.74, 6) is 0.737. The van der Waals surface area contributed by atoms with Gasteiger partial charge in [0.05, 0.1) is 12.2 Å². The van der Waals surface area contributed by atoms with Crippen molar-refractivity contribution in [2.75, 3.05) is 19.7 Å². The number of aromatic nitrogens is 2. The molecule has 2 N–H and O–H groups in total. The molecular formula is C22H25N3O2. The van der Waals surface area contributed by atoms with Crippen LogP contribution in [0, 0.1) is 0 Å². The van der Waals surface area contributed by atoms with Crippen LogP contribution in [0.4, 0.5) is 0 Å². The van der Waals surface area contributed by atoms with Crippen LogP contribution in [-0.4, -0.2) is 50.4 Å². The van der Waals surface area contributed by atoms with E-state index in [4.69, 9.17) is 0 Å². The van der Waals surface area contributed by atoms with Crippen LogP contribution < -0.4 is 0 Å². The summed E-state index contributed by atoms with van der Waals surface area (Å²) in [6.07, 6.45) is 5.92. The molecule has 1 unspecified atom stereocenters. The number of fused-ring (bicyclic) bond motifs is 1. The van der Waals surface area contributed by atoms with Crippen molar-refractivity contribution in [2.24, 2.45) is 0 Å². The van der Waals surface area contributed by atoms with Gasteiger partial charge in [0.25, 0.3) is 0 Å². The van der Waals surface area contributed by atoms with E-state index < -0.39 is 5.60 Å². The predicted molar refractivity (Wildman–Crippen MR) is 106 cm³/mol. The first kappa shape index (κ1) is 18.0. The van der Waals surface area contributed by atoms with E-state index in [2.05, 4.69) is 39.1 Å². The van der Waals surface area contributed by atoms with E-state index in [-0.39, 0.29) is 6.61 Å². The van der Waals surface area contributed by atoms with Gasteiger partial charge >= 0.3 is 0 Å². The van der Waals surface area contributed by atoms with Gasteiger partial charge < -0.3 is 10.2 Å². The molecule has 140 valence electrons. The van der Waals surface area contributed by atoms with Crippen molar-refractivity contribution < 1.29 is 10.2 Å². The molecule has 0 bridgehead atoms. The molecule has 1 aliphatic rings. The average Bonchev–Trinajstić information content (AvgIpc) is 2.90. The van der Waals surface area contributed by atoms with Crippen molar-refractivity contribution in [2.45, 2.75) is 31.4 Å². The largest absolute Gasteiger partial charge is 0.393 e. The normalized spacial score (nSPS) is 21.3. The SMILES string of the molecule is OCC1(O)CCCN(Cc2cnc(-c3cccc4ccccc34)nc2)CC1. The van der Waals surface area contributed by atoms with Crippen molar-refractivity contribution in [1.29, 1.82) is 0 Å². The Balaban J connectivity index is 1.49. The van der Waals surface area contributed by atoms with E-state index in [1.807, 2.05) is 30.6 Å². The summed E-state index contributed by atoms with van der Waals surface area (Å²) in [6.45, 7) is 2.27. The number of hydrogen-bond acceptors (Lipinski definition) is 5. The predicted octanol–water partition coefficient (Wildman–Crippen LogP) is 3.01. The molecule has 27 heavy (non-hydrogen) atoms. The summed E-state index contributed by atoms with van der Waals surface area (Å²) in [6, 6.07) is 14.5. The minimum absolute atomic E-state index is 0.163. The molecule has 1 atom stereocenters. The Kier molecular flexibility index (Phi) is 5.16. The second kappa shape index (κ2) is 7.72. The maximum absolute atomic E-state index is 10.3. The van der Waals surface area contributed by atoms with Crippen LogP contribution in [0.15, 0.2) is 54.9 Å². The fourth-order valence-electron chi connectivity index (χ4n) is 3.81. The zero-order valence-electron chi connectivity index (χ0n) is 15.4. The molecule has 2 heterocycles. The number of rotatable bonds is 4.